The summed E-state index contributed by atoms with van der Waals surface area (Å²) in [5, 5.41) is 11.0. The van der Waals surface area contributed by atoms with Crippen LogP contribution in [-0.2, 0) is 14.3 Å². The number of hydrogen-bond acceptors (Lipinski definition) is 7. The summed E-state index contributed by atoms with van der Waals surface area (Å²) >= 11 is 0. The molecule has 2 heterocycles. The number of nitrogens with zero attached hydrogens (tertiary/aromatic N) is 2. The number of amides is 1. The van der Waals surface area contributed by atoms with Crippen LogP contribution >= 0.6 is 0 Å². The van der Waals surface area contributed by atoms with Crippen molar-refractivity contribution in [1.82, 2.24) is 15.5 Å². The summed E-state index contributed by atoms with van der Waals surface area (Å²) < 4.78 is 71.0. The van der Waals surface area contributed by atoms with Gasteiger partial charge in [0.1, 0.15) is 17.7 Å². The molecule has 0 unspecified atom stereocenters. The second-order valence-electron chi connectivity index (χ2n) is 9.28. The van der Waals surface area contributed by atoms with Crippen LogP contribution in [0.15, 0.2) is 28.7 Å². The van der Waals surface area contributed by atoms with Gasteiger partial charge in [0.2, 0.25) is 11.8 Å². The van der Waals surface area contributed by atoms with E-state index >= 15 is 0 Å². The number of rotatable bonds is 7. The van der Waals surface area contributed by atoms with E-state index in [0.29, 0.717) is 11.6 Å². The van der Waals surface area contributed by atoms with Gasteiger partial charge < -0.3 is 19.2 Å². The van der Waals surface area contributed by atoms with Crippen LogP contribution in [0.3, 0.4) is 0 Å². The summed E-state index contributed by atoms with van der Waals surface area (Å²) in [4.78, 5) is 12.3. The molecule has 0 spiro atoms. The third kappa shape index (κ3) is 4.74. The van der Waals surface area contributed by atoms with E-state index < -0.39 is 18.6 Å². The van der Waals surface area contributed by atoms with Crippen molar-refractivity contribution in [3.05, 3.63) is 41.9 Å². The Morgan fingerprint density at radius 1 is 1.21 bits per heavy atom. The van der Waals surface area contributed by atoms with Crippen molar-refractivity contribution in [2.75, 3.05) is 13.2 Å². The monoisotopic (exact) mass is 485 g/mol. The zero-order valence-corrected chi connectivity index (χ0v) is 18.2. The summed E-state index contributed by atoms with van der Waals surface area (Å²) in [6.45, 7) is 2.05. The predicted molar refractivity (Wildman–Crippen MR) is 106 cm³/mol. The van der Waals surface area contributed by atoms with Crippen LogP contribution in [0.5, 0.6) is 5.75 Å². The normalized spacial score (nSPS) is 32.4. The minimum atomic E-state index is -4.65. The Bertz CT molecular complexity index is 1040. The SMILES string of the molecule is C[C@@]12C[C@@H]1[C@@H](NC(=O)COc1ccc(F)cc1)CO[C@@H]2c1nnc(C2CC(OC(F)(F)F)C2)o1. The molecule has 1 N–H and O–H groups in total. The van der Waals surface area contributed by atoms with Gasteiger partial charge in [0.15, 0.2) is 6.61 Å². The molecule has 3 aliphatic rings. The first kappa shape index (κ1) is 23.0. The minimum absolute atomic E-state index is 0.143. The highest BCUT2D eigenvalue weighted by atomic mass is 19.4. The number of aromatic nitrogens is 2. The van der Waals surface area contributed by atoms with Gasteiger partial charge in [0, 0.05) is 11.3 Å². The van der Waals surface area contributed by atoms with Gasteiger partial charge in [-0.3, -0.25) is 9.53 Å². The van der Waals surface area contributed by atoms with Crippen LogP contribution in [0, 0.1) is 17.2 Å². The average Bonchev–Trinajstić information content (AvgIpc) is 3.24. The molecule has 184 valence electrons. The maximum atomic E-state index is 13.0. The molecular weight excluding hydrogens is 462 g/mol. The van der Waals surface area contributed by atoms with Gasteiger partial charge in [-0.25, -0.2) is 4.39 Å². The number of alkyl halides is 3. The number of benzene rings is 1. The van der Waals surface area contributed by atoms with Gasteiger partial charge >= 0.3 is 6.36 Å². The van der Waals surface area contributed by atoms with Crippen molar-refractivity contribution in [2.24, 2.45) is 11.3 Å². The van der Waals surface area contributed by atoms with Crippen LogP contribution in [0.2, 0.25) is 0 Å². The summed E-state index contributed by atoms with van der Waals surface area (Å²) in [5.74, 6) is 0.144. The highest BCUT2D eigenvalue weighted by molar-refractivity contribution is 5.78. The topological polar surface area (TPSA) is 95.7 Å². The molecule has 5 rings (SSSR count). The largest absolute Gasteiger partial charge is 0.522 e. The molecule has 8 nitrogen and oxygen atoms in total. The van der Waals surface area contributed by atoms with E-state index in [9.17, 15) is 22.4 Å². The second kappa shape index (κ2) is 8.49. The molecule has 2 aliphatic carbocycles. The summed E-state index contributed by atoms with van der Waals surface area (Å²) in [6.07, 6.45) is -4.89. The lowest BCUT2D eigenvalue weighted by molar-refractivity contribution is -0.352. The molecule has 1 aromatic carbocycles. The van der Waals surface area contributed by atoms with Crippen molar-refractivity contribution >= 4 is 5.91 Å². The van der Waals surface area contributed by atoms with E-state index in [-0.39, 0.29) is 67.0 Å². The first-order chi connectivity index (χ1) is 16.1. The zero-order chi connectivity index (χ0) is 24.1. The van der Waals surface area contributed by atoms with Crippen LogP contribution < -0.4 is 10.1 Å². The highest BCUT2D eigenvalue weighted by Gasteiger charge is 2.64. The van der Waals surface area contributed by atoms with E-state index in [4.69, 9.17) is 13.9 Å². The van der Waals surface area contributed by atoms with Crippen molar-refractivity contribution in [2.45, 2.75) is 56.7 Å². The molecule has 0 bridgehead atoms. The molecule has 1 aliphatic heterocycles. The zero-order valence-electron chi connectivity index (χ0n) is 18.2. The maximum absolute atomic E-state index is 13.0. The average molecular weight is 485 g/mol. The molecule has 34 heavy (non-hydrogen) atoms. The van der Waals surface area contributed by atoms with Crippen molar-refractivity contribution in [3.63, 3.8) is 0 Å². The second-order valence-corrected chi connectivity index (χ2v) is 9.28. The highest BCUT2D eigenvalue weighted by Crippen LogP contribution is 2.64. The lowest BCUT2D eigenvalue weighted by atomic mass is 9.82. The van der Waals surface area contributed by atoms with Gasteiger partial charge in [-0.05, 0) is 49.4 Å². The molecule has 2 saturated carbocycles. The Kier molecular flexibility index (Phi) is 5.75. The Balaban J connectivity index is 1.12. The third-order valence-electron chi connectivity index (χ3n) is 6.83. The number of hydrogen-bond donors (Lipinski definition) is 1. The molecule has 1 amide bonds. The number of carbonyl (C=O) groups excluding carboxylic acids is 1. The molecule has 2 aromatic rings. The molecule has 4 atom stereocenters. The van der Waals surface area contributed by atoms with Crippen LogP contribution in [0.4, 0.5) is 17.6 Å². The number of nitrogens with one attached hydrogen (secondary N) is 1. The Morgan fingerprint density at radius 3 is 2.62 bits per heavy atom. The smallest absolute Gasteiger partial charge is 0.484 e. The molecule has 1 aromatic heterocycles. The van der Waals surface area contributed by atoms with Gasteiger partial charge in [-0.15, -0.1) is 23.4 Å². The number of ether oxygens (including phenoxy) is 3. The lowest BCUT2D eigenvalue weighted by Gasteiger charge is -2.33. The van der Waals surface area contributed by atoms with E-state index in [0.717, 1.165) is 6.42 Å². The van der Waals surface area contributed by atoms with Crippen LogP contribution in [0.1, 0.15) is 50.0 Å². The third-order valence-corrected chi connectivity index (χ3v) is 6.83. The standard InChI is InChI=1S/C22H23F4N3O5/c1-21-8-15(21)16(27-17(30)10-31-13-4-2-12(23)3-5-13)9-32-18(21)20-29-28-19(33-20)11-6-14(7-11)34-22(24,25)26/h2-5,11,14-16,18H,6-10H2,1H3,(H,27,30)/t11?,14?,15-,16+,18-,21-/m1/s1. The summed E-state index contributed by atoms with van der Waals surface area (Å²) in [7, 11) is 0. The fraction of sp³-hybridized carbons (Fsp3) is 0.591. The van der Waals surface area contributed by atoms with Gasteiger partial charge in [-0.1, -0.05) is 6.92 Å². The lowest BCUT2D eigenvalue weighted by Crippen LogP contribution is -2.46. The van der Waals surface area contributed by atoms with Gasteiger partial charge in [0.25, 0.3) is 5.91 Å². The molecule has 3 fully saturated rings. The Morgan fingerprint density at radius 2 is 1.91 bits per heavy atom. The maximum Gasteiger partial charge on any atom is 0.522 e. The fourth-order valence-electron chi connectivity index (χ4n) is 4.82. The van der Waals surface area contributed by atoms with E-state index in [2.05, 4.69) is 20.3 Å². The minimum Gasteiger partial charge on any atom is -0.484 e. The molecule has 1 saturated heterocycles. The Hall–Kier alpha value is -2.73. The van der Waals surface area contributed by atoms with Crippen molar-refractivity contribution < 1.29 is 41.0 Å². The van der Waals surface area contributed by atoms with Crippen LogP contribution in [0.25, 0.3) is 0 Å². The van der Waals surface area contributed by atoms with Gasteiger partial charge in [0.05, 0.1) is 18.8 Å². The van der Waals surface area contributed by atoms with E-state index in [1.165, 1.54) is 24.3 Å². The first-order valence-corrected chi connectivity index (χ1v) is 11.0. The fourth-order valence-corrected chi connectivity index (χ4v) is 4.82. The number of carbonyl (C=O) groups is 1. The van der Waals surface area contributed by atoms with Crippen LogP contribution in [-0.4, -0.2) is 47.8 Å². The summed E-state index contributed by atoms with van der Waals surface area (Å²) in [6, 6.07) is 5.18. The van der Waals surface area contributed by atoms with Crippen molar-refractivity contribution in [1.29, 1.82) is 0 Å². The molecule has 0 radical (unpaired) electrons. The van der Waals surface area contributed by atoms with Crippen molar-refractivity contribution in [3.8, 4) is 5.75 Å². The first-order valence-electron chi connectivity index (χ1n) is 11.0. The molecular formula is C22H23F4N3O5. The quantitative estimate of drug-likeness (QED) is 0.598. The molecule has 12 heteroatoms. The summed E-state index contributed by atoms with van der Waals surface area (Å²) in [5.41, 5.74) is -0.306. The van der Waals surface area contributed by atoms with Gasteiger partial charge in [-0.2, -0.15) is 0 Å². The Labute approximate surface area is 191 Å². The number of halogens is 4. The van der Waals surface area contributed by atoms with E-state index in [1.54, 1.807) is 0 Å². The predicted octanol–water partition coefficient (Wildman–Crippen LogP) is 3.65. The van der Waals surface area contributed by atoms with E-state index in [1.807, 2.05) is 6.92 Å². The number of fused-ring (bicyclic) bond motifs is 1.